The van der Waals surface area contributed by atoms with E-state index >= 15 is 0 Å². The molecule has 0 bridgehead atoms. The van der Waals surface area contributed by atoms with Gasteiger partial charge in [-0.3, -0.25) is 24.1 Å². The van der Waals surface area contributed by atoms with Gasteiger partial charge in [-0.25, -0.2) is 0 Å². The van der Waals surface area contributed by atoms with Crippen molar-refractivity contribution in [1.29, 1.82) is 0 Å². The lowest BCUT2D eigenvalue weighted by Crippen LogP contribution is -2.36. The second-order valence-electron chi connectivity index (χ2n) is 7.70. The molecule has 0 aliphatic carbocycles. The molecule has 0 saturated carbocycles. The Morgan fingerprint density at radius 2 is 1.36 bits per heavy atom. The molecular formula is C26H23N3O4. The molecule has 2 N–H and O–H groups in total. The predicted octanol–water partition coefficient (Wildman–Crippen LogP) is 2.57. The number of hydrogen-bond donors (Lipinski definition) is 2. The van der Waals surface area contributed by atoms with Crippen LogP contribution in [0.5, 0.6) is 0 Å². The summed E-state index contributed by atoms with van der Waals surface area (Å²) in [6.07, 6.45) is 0.553. The highest BCUT2D eigenvalue weighted by Gasteiger charge is 2.35. The molecule has 7 heteroatoms. The maximum Gasteiger partial charge on any atom is 0.261 e. The summed E-state index contributed by atoms with van der Waals surface area (Å²) in [4.78, 5) is 51.2. The molecule has 0 aromatic heterocycles. The number of carbonyl (C=O) groups excluding carboxylic acids is 4. The van der Waals surface area contributed by atoms with Gasteiger partial charge in [0.05, 0.1) is 17.7 Å². The van der Waals surface area contributed by atoms with Crippen molar-refractivity contribution < 1.29 is 19.2 Å². The number of amides is 4. The van der Waals surface area contributed by atoms with Gasteiger partial charge in [0.15, 0.2) is 0 Å². The molecule has 1 heterocycles. The monoisotopic (exact) mass is 441 g/mol. The van der Waals surface area contributed by atoms with Gasteiger partial charge in [0, 0.05) is 18.7 Å². The lowest BCUT2D eigenvalue weighted by Gasteiger charge is -2.13. The largest absolute Gasteiger partial charge is 0.350 e. The first kappa shape index (κ1) is 22.0. The Balaban J connectivity index is 1.34. The summed E-state index contributed by atoms with van der Waals surface area (Å²) >= 11 is 0. The average molecular weight is 441 g/mol. The molecule has 3 aromatic rings. The molecule has 0 radical (unpaired) electrons. The molecule has 4 rings (SSSR count). The highest BCUT2D eigenvalue weighted by atomic mass is 16.2. The lowest BCUT2D eigenvalue weighted by molar-refractivity contribution is -0.120. The van der Waals surface area contributed by atoms with Crippen molar-refractivity contribution in [3.63, 3.8) is 0 Å². The van der Waals surface area contributed by atoms with Gasteiger partial charge in [-0.15, -0.1) is 0 Å². The van der Waals surface area contributed by atoms with Gasteiger partial charge in [-0.2, -0.15) is 0 Å². The molecule has 0 fully saturated rings. The summed E-state index contributed by atoms with van der Waals surface area (Å²) in [5.74, 6) is -1.60. The maximum atomic E-state index is 12.8. The number of nitrogens with one attached hydrogen (secondary N) is 2. The van der Waals surface area contributed by atoms with E-state index < -0.39 is 11.8 Å². The van der Waals surface area contributed by atoms with Crippen molar-refractivity contribution in [2.75, 3.05) is 13.1 Å². The smallest absolute Gasteiger partial charge is 0.261 e. The van der Waals surface area contributed by atoms with E-state index in [1.165, 1.54) is 23.1 Å². The van der Waals surface area contributed by atoms with Crippen molar-refractivity contribution in [3.05, 3.63) is 107 Å². The number of imide groups is 1. The number of carbonyl (C=O) groups is 4. The number of rotatable bonds is 8. The third-order valence-electron chi connectivity index (χ3n) is 5.44. The Labute approximate surface area is 191 Å². The lowest BCUT2D eigenvalue weighted by atomic mass is 10.1. The van der Waals surface area contributed by atoms with E-state index in [1.807, 2.05) is 60.7 Å². The molecule has 0 unspecified atom stereocenters. The molecule has 1 aliphatic heterocycles. The van der Waals surface area contributed by atoms with Crippen LogP contribution in [0.1, 0.15) is 42.2 Å². The van der Waals surface area contributed by atoms with Gasteiger partial charge in [-0.1, -0.05) is 60.7 Å². The molecule has 7 nitrogen and oxygen atoms in total. The zero-order chi connectivity index (χ0) is 23.2. The van der Waals surface area contributed by atoms with Gasteiger partial charge in [0.25, 0.3) is 17.7 Å². The molecule has 1 aliphatic rings. The van der Waals surface area contributed by atoms with Crippen LogP contribution in [0.25, 0.3) is 0 Å². The summed E-state index contributed by atoms with van der Waals surface area (Å²) in [6.45, 7) is 0.433. The van der Waals surface area contributed by atoms with Crippen LogP contribution < -0.4 is 10.6 Å². The Hall–Kier alpha value is -4.26. The van der Waals surface area contributed by atoms with Crippen molar-refractivity contribution in [2.45, 2.75) is 13.0 Å². The third kappa shape index (κ3) is 5.15. The highest BCUT2D eigenvalue weighted by molar-refractivity contribution is 6.22. The van der Waals surface area contributed by atoms with E-state index in [-0.39, 0.29) is 41.6 Å². The number of fused-ring (bicyclic) bond motifs is 1. The Morgan fingerprint density at radius 1 is 0.727 bits per heavy atom. The summed E-state index contributed by atoms with van der Waals surface area (Å²) in [6, 6.07) is 23.4. The SMILES string of the molecule is O=C(CNC(=O)c1ccc2c(c1)C(=O)N(CCc1ccccc1)C2=O)NCc1ccccc1. The fraction of sp³-hybridized carbons (Fsp3) is 0.154. The third-order valence-corrected chi connectivity index (χ3v) is 5.44. The number of nitrogens with zero attached hydrogens (tertiary/aromatic N) is 1. The van der Waals surface area contributed by atoms with Crippen LogP contribution in [-0.4, -0.2) is 41.6 Å². The van der Waals surface area contributed by atoms with E-state index in [0.717, 1.165) is 11.1 Å². The van der Waals surface area contributed by atoms with Crippen LogP contribution in [0.3, 0.4) is 0 Å². The van der Waals surface area contributed by atoms with Crippen LogP contribution in [0.2, 0.25) is 0 Å². The van der Waals surface area contributed by atoms with Crippen molar-refractivity contribution >= 4 is 23.6 Å². The quantitative estimate of drug-likeness (QED) is 0.525. The molecule has 4 amide bonds. The van der Waals surface area contributed by atoms with Crippen LogP contribution >= 0.6 is 0 Å². The minimum absolute atomic E-state index is 0.196. The Kier molecular flexibility index (Phi) is 6.59. The van der Waals surface area contributed by atoms with Crippen LogP contribution in [0.15, 0.2) is 78.9 Å². The average Bonchev–Trinajstić information content (AvgIpc) is 3.10. The first-order valence-corrected chi connectivity index (χ1v) is 10.7. The fourth-order valence-electron chi connectivity index (χ4n) is 3.64. The minimum Gasteiger partial charge on any atom is -0.350 e. The van der Waals surface area contributed by atoms with Gasteiger partial charge >= 0.3 is 0 Å². The number of benzene rings is 3. The van der Waals surface area contributed by atoms with Crippen LogP contribution in [0, 0.1) is 0 Å². The Morgan fingerprint density at radius 3 is 2.06 bits per heavy atom. The van der Waals surface area contributed by atoms with Crippen LogP contribution in [-0.2, 0) is 17.8 Å². The molecule has 33 heavy (non-hydrogen) atoms. The van der Waals surface area contributed by atoms with E-state index in [4.69, 9.17) is 0 Å². The normalized spacial score (nSPS) is 12.4. The van der Waals surface area contributed by atoms with Crippen molar-refractivity contribution in [3.8, 4) is 0 Å². The zero-order valence-electron chi connectivity index (χ0n) is 17.9. The summed E-state index contributed by atoms with van der Waals surface area (Å²) in [7, 11) is 0. The van der Waals surface area contributed by atoms with E-state index in [0.29, 0.717) is 13.0 Å². The molecular weight excluding hydrogens is 418 g/mol. The molecule has 166 valence electrons. The van der Waals surface area contributed by atoms with Gasteiger partial charge in [0.1, 0.15) is 0 Å². The maximum absolute atomic E-state index is 12.8. The second-order valence-corrected chi connectivity index (χ2v) is 7.70. The molecule has 3 aromatic carbocycles. The summed E-state index contributed by atoms with van der Waals surface area (Å²) in [5.41, 5.74) is 2.69. The van der Waals surface area contributed by atoms with Gasteiger partial charge in [-0.05, 0) is 35.7 Å². The Bertz CT molecular complexity index is 1190. The van der Waals surface area contributed by atoms with E-state index in [2.05, 4.69) is 10.6 Å². The van der Waals surface area contributed by atoms with Gasteiger partial charge in [0.2, 0.25) is 5.91 Å². The van der Waals surface area contributed by atoms with Crippen molar-refractivity contribution in [2.24, 2.45) is 0 Å². The first-order valence-electron chi connectivity index (χ1n) is 10.7. The molecule has 0 atom stereocenters. The highest BCUT2D eigenvalue weighted by Crippen LogP contribution is 2.24. The standard InChI is InChI=1S/C26H23N3O4/c30-23(27-16-19-9-5-2-6-10-19)17-28-24(31)20-11-12-21-22(15-20)26(33)29(25(21)32)14-13-18-7-3-1-4-8-18/h1-12,15H,13-14,16-17H2,(H,27,30)(H,28,31). The predicted molar refractivity (Wildman–Crippen MR) is 123 cm³/mol. The van der Waals surface area contributed by atoms with Crippen LogP contribution in [0.4, 0.5) is 0 Å². The van der Waals surface area contributed by atoms with E-state index in [1.54, 1.807) is 0 Å². The second kappa shape index (κ2) is 9.91. The van der Waals surface area contributed by atoms with E-state index in [9.17, 15) is 19.2 Å². The topological polar surface area (TPSA) is 95.6 Å². The first-order chi connectivity index (χ1) is 16.0. The zero-order valence-corrected chi connectivity index (χ0v) is 17.9. The summed E-state index contributed by atoms with van der Waals surface area (Å²) < 4.78 is 0. The summed E-state index contributed by atoms with van der Waals surface area (Å²) in [5, 5.41) is 5.28. The minimum atomic E-state index is -0.490. The fourth-order valence-corrected chi connectivity index (χ4v) is 3.64. The molecule has 0 spiro atoms. The number of hydrogen-bond acceptors (Lipinski definition) is 4. The van der Waals surface area contributed by atoms with Crippen molar-refractivity contribution in [1.82, 2.24) is 15.5 Å². The molecule has 0 saturated heterocycles. The van der Waals surface area contributed by atoms with Gasteiger partial charge < -0.3 is 10.6 Å².